The van der Waals surface area contributed by atoms with Gasteiger partial charge in [0.05, 0.1) is 6.04 Å². The lowest BCUT2D eigenvalue weighted by atomic mass is 10.0. The molecule has 1 amide bonds. The summed E-state index contributed by atoms with van der Waals surface area (Å²) < 4.78 is 13.4. The second-order valence-electron chi connectivity index (χ2n) is 5.26. The van der Waals surface area contributed by atoms with E-state index in [1.807, 2.05) is 6.07 Å². The Bertz CT molecular complexity index is 432. The van der Waals surface area contributed by atoms with E-state index in [-0.39, 0.29) is 17.8 Å². The van der Waals surface area contributed by atoms with E-state index in [0.29, 0.717) is 18.0 Å². The van der Waals surface area contributed by atoms with Gasteiger partial charge in [-0.05, 0) is 36.5 Å². The molecule has 1 unspecified atom stereocenters. The van der Waals surface area contributed by atoms with Crippen LogP contribution < -0.4 is 10.6 Å². The van der Waals surface area contributed by atoms with Gasteiger partial charge in [0, 0.05) is 13.6 Å². The second-order valence-corrected chi connectivity index (χ2v) is 5.26. The van der Waals surface area contributed by atoms with Crippen LogP contribution in [0.5, 0.6) is 0 Å². The summed E-state index contributed by atoms with van der Waals surface area (Å²) in [7, 11) is 1.63. The van der Waals surface area contributed by atoms with Gasteiger partial charge in [-0.2, -0.15) is 0 Å². The summed E-state index contributed by atoms with van der Waals surface area (Å²) in [6, 6.07) is 4.90. The molecular weight excluding hydrogens is 243 g/mol. The number of hydrogen-bond acceptors (Lipinski definition) is 2. The Labute approximate surface area is 114 Å². The lowest BCUT2D eigenvalue weighted by Gasteiger charge is -2.19. The van der Waals surface area contributed by atoms with Crippen molar-refractivity contribution in [2.45, 2.75) is 39.8 Å². The lowest BCUT2D eigenvalue weighted by molar-refractivity contribution is -0.123. The van der Waals surface area contributed by atoms with E-state index in [1.165, 1.54) is 6.07 Å². The number of benzene rings is 1. The third-order valence-corrected chi connectivity index (χ3v) is 3.06. The molecule has 1 aromatic rings. The summed E-state index contributed by atoms with van der Waals surface area (Å²) in [5.41, 5.74) is 1.48. The molecule has 0 heterocycles. The first-order valence-corrected chi connectivity index (χ1v) is 6.64. The van der Waals surface area contributed by atoms with Crippen LogP contribution in [-0.4, -0.2) is 19.0 Å². The largest absolute Gasteiger partial charge is 0.358 e. The number of hydrogen-bond donors (Lipinski definition) is 2. The van der Waals surface area contributed by atoms with Crippen LogP contribution in [0.1, 0.15) is 31.4 Å². The smallest absolute Gasteiger partial charge is 0.236 e. The van der Waals surface area contributed by atoms with Crippen LogP contribution in [0.25, 0.3) is 0 Å². The van der Waals surface area contributed by atoms with Crippen molar-refractivity contribution in [2.75, 3.05) is 7.05 Å². The molecule has 0 aliphatic rings. The molecule has 4 heteroatoms. The van der Waals surface area contributed by atoms with E-state index in [2.05, 4.69) is 24.5 Å². The van der Waals surface area contributed by atoms with Crippen LogP contribution in [-0.2, 0) is 11.3 Å². The van der Waals surface area contributed by atoms with E-state index in [4.69, 9.17) is 0 Å². The number of amides is 1. The molecule has 106 valence electrons. The monoisotopic (exact) mass is 266 g/mol. The standard InChI is InChI=1S/C15H23FN2O/c1-10(2)7-14(15(19)17-4)18-9-12-6-5-11(3)13(16)8-12/h5-6,8,10,14,18H,7,9H2,1-4H3,(H,17,19). The molecule has 1 aromatic carbocycles. The molecule has 0 bridgehead atoms. The molecule has 2 N–H and O–H groups in total. The maximum absolute atomic E-state index is 13.4. The molecule has 1 atom stereocenters. The zero-order chi connectivity index (χ0) is 14.4. The molecule has 0 spiro atoms. The molecule has 0 fully saturated rings. The fourth-order valence-electron chi connectivity index (χ4n) is 1.92. The third kappa shape index (κ3) is 4.99. The lowest BCUT2D eigenvalue weighted by Crippen LogP contribution is -2.43. The first-order chi connectivity index (χ1) is 8.93. The maximum atomic E-state index is 13.4. The minimum Gasteiger partial charge on any atom is -0.358 e. The van der Waals surface area contributed by atoms with Crippen molar-refractivity contribution in [3.05, 3.63) is 35.1 Å². The minimum atomic E-state index is -0.241. The summed E-state index contributed by atoms with van der Waals surface area (Å²) in [4.78, 5) is 11.7. The molecule has 0 saturated heterocycles. The Balaban J connectivity index is 2.64. The zero-order valence-electron chi connectivity index (χ0n) is 12.1. The summed E-state index contributed by atoms with van der Waals surface area (Å²) in [6.07, 6.45) is 0.758. The van der Waals surface area contributed by atoms with Crippen LogP contribution in [0.3, 0.4) is 0 Å². The number of halogens is 1. The van der Waals surface area contributed by atoms with E-state index in [1.54, 1.807) is 20.0 Å². The fourth-order valence-corrected chi connectivity index (χ4v) is 1.92. The SMILES string of the molecule is CNC(=O)C(CC(C)C)NCc1ccc(C)c(F)c1. The van der Waals surface area contributed by atoms with Gasteiger partial charge in [0.25, 0.3) is 0 Å². The number of likely N-dealkylation sites (N-methyl/N-ethyl adjacent to an activating group) is 1. The predicted molar refractivity (Wildman–Crippen MR) is 75.3 cm³/mol. The summed E-state index contributed by atoms with van der Waals surface area (Å²) in [5, 5.41) is 5.84. The number of carbonyl (C=O) groups is 1. The predicted octanol–water partition coefficient (Wildman–Crippen LogP) is 2.38. The van der Waals surface area contributed by atoms with Crippen molar-refractivity contribution in [2.24, 2.45) is 5.92 Å². The molecule has 0 saturated carbocycles. The highest BCUT2D eigenvalue weighted by Crippen LogP contribution is 2.10. The highest BCUT2D eigenvalue weighted by Gasteiger charge is 2.17. The van der Waals surface area contributed by atoms with Crippen LogP contribution in [0.4, 0.5) is 4.39 Å². The van der Waals surface area contributed by atoms with Gasteiger partial charge in [0.15, 0.2) is 0 Å². The Morgan fingerprint density at radius 3 is 2.58 bits per heavy atom. The van der Waals surface area contributed by atoms with Gasteiger partial charge in [-0.15, -0.1) is 0 Å². The molecule has 3 nitrogen and oxygen atoms in total. The van der Waals surface area contributed by atoms with Gasteiger partial charge in [0.2, 0.25) is 5.91 Å². The van der Waals surface area contributed by atoms with Crippen LogP contribution in [0.2, 0.25) is 0 Å². The first-order valence-electron chi connectivity index (χ1n) is 6.64. The van der Waals surface area contributed by atoms with Crippen molar-refractivity contribution < 1.29 is 9.18 Å². The van der Waals surface area contributed by atoms with E-state index >= 15 is 0 Å². The fraction of sp³-hybridized carbons (Fsp3) is 0.533. The molecular formula is C15H23FN2O. The zero-order valence-corrected chi connectivity index (χ0v) is 12.1. The van der Waals surface area contributed by atoms with Crippen molar-refractivity contribution in [1.82, 2.24) is 10.6 Å². The first kappa shape index (κ1) is 15.6. The molecule has 1 rings (SSSR count). The van der Waals surface area contributed by atoms with Gasteiger partial charge in [-0.3, -0.25) is 4.79 Å². The average molecular weight is 266 g/mol. The highest BCUT2D eigenvalue weighted by atomic mass is 19.1. The number of aryl methyl sites for hydroxylation is 1. The normalized spacial score (nSPS) is 12.5. The van der Waals surface area contributed by atoms with Gasteiger partial charge < -0.3 is 10.6 Å². The van der Waals surface area contributed by atoms with Gasteiger partial charge in [-0.25, -0.2) is 4.39 Å². The second kappa shape index (κ2) is 7.24. The maximum Gasteiger partial charge on any atom is 0.236 e. The molecule has 0 aliphatic carbocycles. The molecule has 0 radical (unpaired) electrons. The van der Waals surface area contributed by atoms with Crippen LogP contribution >= 0.6 is 0 Å². The van der Waals surface area contributed by atoms with Gasteiger partial charge in [-0.1, -0.05) is 26.0 Å². The van der Waals surface area contributed by atoms with E-state index in [9.17, 15) is 9.18 Å². The summed E-state index contributed by atoms with van der Waals surface area (Å²) in [6.45, 7) is 6.37. The van der Waals surface area contributed by atoms with E-state index in [0.717, 1.165) is 12.0 Å². The van der Waals surface area contributed by atoms with Crippen LogP contribution in [0, 0.1) is 18.7 Å². The number of rotatable bonds is 6. The van der Waals surface area contributed by atoms with Crippen molar-refractivity contribution >= 4 is 5.91 Å². The summed E-state index contributed by atoms with van der Waals surface area (Å²) in [5.74, 6) is 0.186. The quantitative estimate of drug-likeness (QED) is 0.830. The Morgan fingerprint density at radius 1 is 1.37 bits per heavy atom. The minimum absolute atomic E-state index is 0.0266. The highest BCUT2D eigenvalue weighted by molar-refractivity contribution is 5.81. The number of nitrogens with one attached hydrogen (secondary N) is 2. The van der Waals surface area contributed by atoms with Crippen molar-refractivity contribution in [1.29, 1.82) is 0 Å². The Hall–Kier alpha value is -1.42. The Kier molecular flexibility index (Phi) is 5.96. The van der Waals surface area contributed by atoms with Crippen molar-refractivity contribution in [3.63, 3.8) is 0 Å². The third-order valence-electron chi connectivity index (χ3n) is 3.06. The van der Waals surface area contributed by atoms with Crippen LogP contribution in [0.15, 0.2) is 18.2 Å². The molecule has 19 heavy (non-hydrogen) atoms. The van der Waals surface area contributed by atoms with E-state index < -0.39 is 0 Å². The average Bonchev–Trinajstić information content (AvgIpc) is 2.37. The Morgan fingerprint density at radius 2 is 2.05 bits per heavy atom. The molecule has 0 aromatic heterocycles. The van der Waals surface area contributed by atoms with Gasteiger partial charge >= 0.3 is 0 Å². The molecule has 0 aliphatic heterocycles. The number of carbonyl (C=O) groups excluding carboxylic acids is 1. The topological polar surface area (TPSA) is 41.1 Å². The summed E-state index contributed by atoms with van der Waals surface area (Å²) >= 11 is 0. The van der Waals surface area contributed by atoms with Crippen molar-refractivity contribution in [3.8, 4) is 0 Å². The van der Waals surface area contributed by atoms with Gasteiger partial charge in [0.1, 0.15) is 5.82 Å².